The monoisotopic (exact) mass is 284 g/mol. The topological polar surface area (TPSA) is 46.5 Å². The summed E-state index contributed by atoms with van der Waals surface area (Å²) >= 11 is 0. The maximum atomic E-state index is 12.0. The van der Waals surface area contributed by atoms with E-state index in [1.165, 1.54) is 0 Å². The van der Waals surface area contributed by atoms with Crippen molar-refractivity contribution in [3.05, 3.63) is 65.7 Å². The molecule has 1 N–H and O–H groups in total. The third kappa shape index (κ3) is 4.72. The highest BCUT2D eigenvalue weighted by atomic mass is 16.5. The second kappa shape index (κ2) is 7.60. The van der Waals surface area contributed by atoms with Crippen LogP contribution in [0.2, 0.25) is 0 Å². The van der Waals surface area contributed by atoms with Crippen LogP contribution in [0.3, 0.4) is 0 Å². The molecule has 21 heavy (non-hydrogen) atoms. The van der Waals surface area contributed by atoms with Crippen LogP contribution in [-0.2, 0) is 17.6 Å². The van der Waals surface area contributed by atoms with Gasteiger partial charge in [0, 0.05) is 19.3 Å². The first-order valence-electron chi connectivity index (χ1n) is 7.04. The summed E-state index contributed by atoms with van der Waals surface area (Å²) in [6.45, 7) is 0. The van der Waals surface area contributed by atoms with E-state index in [-0.39, 0.29) is 12.2 Å². The molecule has 1 unspecified atom stereocenters. The SMILES string of the molecule is COc1ccccc1CC(O)CC(=O)Cc1ccccc1. The average molecular weight is 284 g/mol. The van der Waals surface area contributed by atoms with Crippen molar-refractivity contribution < 1.29 is 14.6 Å². The van der Waals surface area contributed by atoms with E-state index in [1.54, 1.807) is 7.11 Å². The van der Waals surface area contributed by atoms with Crippen molar-refractivity contribution in [1.82, 2.24) is 0 Å². The summed E-state index contributed by atoms with van der Waals surface area (Å²) in [4.78, 5) is 12.0. The Morgan fingerprint density at radius 2 is 1.76 bits per heavy atom. The highest BCUT2D eigenvalue weighted by molar-refractivity contribution is 5.81. The molecule has 2 aromatic carbocycles. The predicted molar refractivity (Wildman–Crippen MR) is 82.5 cm³/mol. The Kier molecular flexibility index (Phi) is 5.52. The number of hydrogen-bond acceptors (Lipinski definition) is 3. The Balaban J connectivity index is 1.89. The van der Waals surface area contributed by atoms with Crippen molar-refractivity contribution in [2.24, 2.45) is 0 Å². The second-order valence-electron chi connectivity index (χ2n) is 5.07. The Bertz CT molecular complexity index is 578. The molecule has 3 heteroatoms. The van der Waals surface area contributed by atoms with Crippen LogP contribution in [0, 0.1) is 0 Å². The van der Waals surface area contributed by atoms with Crippen molar-refractivity contribution in [2.75, 3.05) is 7.11 Å². The van der Waals surface area contributed by atoms with E-state index < -0.39 is 6.10 Å². The Labute approximate surface area is 125 Å². The highest BCUT2D eigenvalue weighted by Gasteiger charge is 2.14. The van der Waals surface area contributed by atoms with Gasteiger partial charge in [0.25, 0.3) is 0 Å². The third-order valence-corrected chi connectivity index (χ3v) is 3.36. The molecule has 1 atom stereocenters. The summed E-state index contributed by atoms with van der Waals surface area (Å²) in [5.74, 6) is 0.788. The van der Waals surface area contributed by atoms with E-state index in [4.69, 9.17) is 4.74 Å². The highest BCUT2D eigenvalue weighted by Crippen LogP contribution is 2.20. The molecule has 2 rings (SSSR count). The Morgan fingerprint density at radius 1 is 1.10 bits per heavy atom. The van der Waals surface area contributed by atoms with E-state index in [9.17, 15) is 9.90 Å². The average Bonchev–Trinajstić information content (AvgIpc) is 2.48. The number of ketones is 1. The van der Waals surface area contributed by atoms with Crippen LogP contribution in [0.1, 0.15) is 17.5 Å². The lowest BCUT2D eigenvalue weighted by atomic mass is 10.00. The number of Topliss-reactive ketones (excluding diaryl/α,β-unsaturated/α-hetero) is 1. The quantitative estimate of drug-likeness (QED) is 0.850. The van der Waals surface area contributed by atoms with Gasteiger partial charge in [-0.3, -0.25) is 4.79 Å². The lowest BCUT2D eigenvalue weighted by Gasteiger charge is -2.13. The van der Waals surface area contributed by atoms with E-state index >= 15 is 0 Å². The van der Waals surface area contributed by atoms with Gasteiger partial charge >= 0.3 is 0 Å². The smallest absolute Gasteiger partial charge is 0.139 e. The molecule has 0 bridgehead atoms. The normalized spacial score (nSPS) is 11.9. The zero-order valence-corrected chi connectivity index (χ0v) is 12.2. The van der Waals surface area contributed by atoms with E-state index in [2.05, 4.69) is 0 Å². The second-order valence-corrected chi connectivity index (χ2v) is 5.07. The number of aliphatic hydroxyl groups is 1. The molecular weight excluding hydrogens is 264 g/mol. The molecule has 0 aromatic heterocycles. The number of benzene rings is 2. The van der Waals surface area contributed by atoms with Crippen LogP contribution in [0.5, 0.6) is 5.75 Å². The minimum absolute atomic E-state index is 0.0450. The van der Waals surface area contributed by atoms with Gasteiger partial charge in [-0.1, -0.05) is 48.5 Å². The van der Waals surface area contributed by atoms with Gasteiger partial charge in [-0.2, -0.15) is 0 Å². The van der Waals surface area contributed by atoms with Crippen molar-refractivity contribution in [2.45, 2.75) is 25.4 Å². The predicted octanol–water partition coefficient (Wildman–Crippen LogP) is 2.80. The number of carbonyl (C=O) groups is 1. The molecule has 0 heterocycles. The number of rotatable bonds is 7. The minimum atomic E-state index is -0.683. The minimum Gasteiger partial charge on any atom is -0.496 e. The molecule has 0 aliphatic heterocycles. The van der Waals surface area contributed by atoms with Gasteiger partial charge in [-0.25, -0.2) is 0 Å². The van der Waals surface area contributed by atoms with Crippen molar-refractivity contribution in [3.8, 4) is 5.75 Å². The first-order chi connectivity index (χ1) is 10.2. The van der Waals surface area contributed by atoms with E-state index in [0.29, 0.717) is 12.8 Å². The largest absolute Gasteiger partial charge is 0.496 e. The molecule has 0 fully saturated rings. The van der Waals surface area contributed by atoms with E-state index in [0.717, 1.165) is 16.9 Å². The van der Waals surface area contributed by atoms with Gasteiger partial charge in [0.15, 0.2) is 0 Å². The Morgan fingerprint density at radius 3 is 2.48 bits per heavy atom. The summed E-state index contributed by atoms with van der Waals surface area (Å²) in [7, 11) is 1.60. The van der Waals surface area contributed by atoms with Gasteiger partial charge in [-0.15, -0.1) is 0 Å². The zero-order valence-electron chi connectivity index (χ0n) is 12.2. The van der Waals surface area contributed by atoms with Crippen LogP contribution < -0.4 is 4.74 Å². The van der Waals surface area contributed by atoms with Gasteiger partial charge in [0.2, 0.25) is 0 Å². The van der Waals surface area contributed by atoms with Gasteiger partial charge in [-0.05, 0) is 17.2 Å². The van der Waals surface area contributed by atoms with Crippen LogP contribution >= 0.6 is 0 Å². The van der Waals surface area contributed by atoms with Crippen LogP contribution in [0.25, 0.3) is 0 Å². The standard InChI is InChI=1S/C18H20O3/c1-21-18-10-6-5-9-15(18)12-17(20)13-16(19)11-14-7-3-2-4-8-14/h2-10,17,20H,11-13H2,1H3. The van der Waals surface area contributed by atoms with E-state index in [1.807, 2.05) is 54.6 Å². The number of para-hydroxylation sites is 1. The fraction of sp³-hybridized carbons (Fsp3) is 0.278. The molecule has 3 nitrogen and oxygen atoms in total. The zero-order chi connectivity index (χ0) is 15.1. The lowest BCUT2D eigenvalue weighted by Crippen LogP contribution is -2.18. The molecule has 0 saturated heterocycles. The lowest BCUT2D eigenvalue weighted by molar-refractivity contribution is -0.120. The molecule has 110 valence electrons. The number of carbonyl (C=O) groups excluding carboxylic acids is 1. The van der Waals surface area contributed by atoms with Crippen LogP contribution in [0.15, 0.2) is 54.6 Å². The third-order valence-electron chi connectivity index (χ3n) is 3.36. The van der Waals surface area contributed by atoms with Gasteiger partial charge in [0.05, 0.1) is 13.2 Å². The summed E-state index contributed by atoms with van der Waals surface area (Å²) < 4.78 is 5.25. The van der Waals surface area contributed by atoms with Crippen LogP contribution in [0.4, 0.5) is 0 Å². The molecule has 0 radical (unpaired) electrons. The number of ether oxygens (including phenoxy) is 1. The maximum Gasteiger partial charge on any atom is 0.139 e. The molecule has 0 aliphatic rings. The summed E-state index contributed by atoms with van der Waals surface area (Å²) in [6.07, 6.45) is 0.263. The fourth-order valence-corrected chi connectivity index (χ4v) is 2.36. The summed E-state index contributed by atoms with van der Waals surface area (Å²) in [5, 5.41) is 10.1. The van der Waals surface area contributed by atoms with Crippen molar-refractivity contribution in [1.29, 1.82) is 0 Å². The molecule has 0 aliphatic carbocycles. The van der Waals surface area contributed by atoms with Crippen molar-refractivity contribution in [3.63, 3.8) is 0 Å². The van der Waals surface area contributed by atoms with Gasteiger partial charge < -0.3 is 9.84 Å². The number of aliphatic hydroxyl groups excluding tert-OH is 1. The Hall–Kier alpha value is -2.13. The molecule has 0 saturated carbocycles. The van der Waals surface area contributed by atoms with Gasteiger partial charge in [0.1, 0.15) is 11.5 Å². The fourth-order valence-electron chi connectivity index (χ4n) is 2.36. The summed E-state index contributed by atoms with van der Waals surface area (Å²) in [6, 6.07) is 17.1. The molecule has 0 amide bonds. The first-order valence-corrected chi connectivity index (χ1v) is 7.04. The first kappa shape index (κ1) is 15.3. The number of hydrogen-bond donors (Lipinski definition) is 1. The maximum absolute atomic E-state index is 12.0. The van der Waals surface area contributed by atoms with Crippen molar-refractivity contribution >= 4 is 5.78 Å². The molecule has 2 aromatic rings. The molecule has 0 spiro atoms. The van der Waals surface area contributed by atoms with Crippen LogP contribution in [-0.4, -0.2) is 24.1 Å². The molecular formula is C18H20O3. The summed E-state index contributed by atoms with van der Waals surface area (Å²) in [5.41, 5.74) is 1.90. The number of methoxy groups -OCH3 is 1.